The van der Waals surface area contributed by atoms with Crippen LogP contribution in [0.2, 0.25) is 0 Å². The Labute approximate surface area is 230 Å². The fraction of sp³-hybridized carbons (Fsp3) is 0.941. The number of hydrogen-bond acceptors (Lipinski definition) is 3. The van der Waals surface area contributed by atoms with Gasteiger partial charge in [-0.3, -0.25) is 0 Å². The number of rotatable bonds is 10. The molecule has 0 aromatic rings. The average Bonchev–Trinajstić information content (AvgIpc) is 2.92. The summed E-state index contributed by atoms with van der Waals surface area (Å²) in [4.78, 5) is 0. The maximum atomic E-state index is 10.1. The average molecular weight is 519 g/mol. The highest BCUT2D eigenvalue weighted by atomic mass is 16.6. The van der Waals surface area contributed by atoms with Gasteiger partial charge in [0.05, 0.1) is 12.4 Å². The Bertz CT molecular complexity index is 615. The lowest BCUT2D eigenvalue weighted by molar-refractivity contribution is -0.210. The molecule has 37 heavy (non-hydrogen) atoms. The smallest absolute Gasteiger partial charge is 0.157 e. The minimum absolute atomic E-state index is 0.339. The first-order valence-corrected chi connectivity index (χ1v) is 16.7. The molecule has 0 amide bonds. The zero-order chi connectivity index (χ0) is 26.5. The molecule has 1 N–H and O–H groups in total. The van der Waals surface area contributed by atoms with Crippen molar-refractivity contribution in [1.82, 2.24) is 0 Å². The number of aliphatic hydroxyl groups is 1. The van der Waals surface area contributed by atoms with Gasteiger partial charge in [-0.1, -0.05) is 91.9 Å². The van der Waals surface area contributed by atoms with Gasteiger partial charge in [0.15, 0.2) is 6.29 Å². The van der Waals surface area contributed by atoms with Crippen LogP contribution in [0.4, 0.5) is 0 Å². The molecule has 2 saturated carbocycles. The number of aliphatic hydroxyl groups excluding tert-OH is 1. The predicted octanol–water partition coefficient (Wildman–Crippen LogP) is 9.96. The van der Waals surface area contributed by atoms with Gasteiger partial charge in [0.1, 0.15) is 6.10 Å². The predicted molar refractivity (Wildman–Crippen MR) is 156 cm³/mol. The van der Waals surface area contributed by atoms with Gasteiger partial charge in [0.2, 0.25) is 0 Å². The Morgan fingerprint density at radius 3 is 1.68 bits per heavy atom. The zero-order valence-electron chi connectivity index (χ0n) is 25.1. The van der Waals surface area contributed by atoms with Gasteiger partial charge in [0.25, 0.3) is 0 Å². The normalized spacial score (nSPS) is 36.6. The van der Waals surface area contributed by atoms with Crippen LogP contribution in [0.25, 0.3) is 0 Å². The lowest BCUT2D eigenvalue weighted by Gasteiger charge is -2.40. The lowest BCUT2D eigenvalue weighted by atomic mass is 9.75. The lowest BCUT2D eigenvalue weighted by Crippen LogP contribution is -2.39. The van der Waals surface area contributed by atoms with Gasteiger partial charge in [-0.05, 0) is 93.5 Å². The molecule has 3 nitrogen and oxygen atoms in total. The van der Waals surface area contributed by atoms with E-state index in [1.807, 2.05) is 0 Å². The molecule has 0 radical (unpaired) electrons. The van der Waals surface area contributed by atoms with Gasteiger partial charge in [-0.25, -0.2) is 0 Å². The third kappa shape index (κ3) is 10.2. The Morgan fingerprint density at radius 1 is 0.649 bits per heavy atom. The van der Waals surface area contributed by atoms with Crippen LogP contribution in [0.1, 0.15) is 156 Å². The molecule has 216 valence electrons. The van der Waals surface area contributed by atoms with E-state index < -0.39 is 6.29 Å². The quantitative estimate of drug-likeness (QED) is 0.313. The molecule has 1 saturated heterocycles. The van der Waals surface area contributed by atoms with Crippen molar-refractivity contribution < 1.29 is 14.6 Å². The Hall–Kier alpha value is -0.540. The third-order valence-corrected chi connectivity index (χ3v) is 10.2. The highest BCUT2D eigenvalue weighted by Gasteiger charge is 2.35. The van der Waals surface area contributed by atoms with Gasteiger partial charge >= 0.3 is 0 Å². The van der Waals surface area contributed by atoms with Crippen LogP contribution in [-0.2, 0) is 9.47 Å². The van der Waals surface area contributed by atoms with Crippen LogP contribution in [0.3, 0.4) is 0 Å². The first-order chi connectivity index (χ1) is 18.1. The molecule has 4 rings (SSSR count). The summed E-state index contributed by atoms with van der Waals surface area (Å²) in [5.41, 5.74) is 1.54. The Balaban J connectivity index is 0.000000206. The topological polar surface area (TPSA) is 38.7 Å². The highest BCUT2D eigenvalue weighted by Crippen LogP contribution is 2.39. The van der Waals surface area contributed by atoms with E-state index in [0.717, 1.165) is 37.0 Å². The van der Waals surface area contributed by atoms with Gasteiger partial charge in [0, 0.05) is 5.92 Å². The van der Waals surface area contributed by atoms with Crippen molar-refractivity contribution in [2.45, 2.75) is 175 Å². The van der Waals surface area contributed by atoms with Crippen molar-refractivity contribution in [2.24, 2.45) is 29.6 Å². The third-order valence-electron chi connectivity index (χ3n) is 10.2. The van der Waals surface area contributed by atoms with Gasteiger partial charge < -0.3 is 14.6 Å². The van der Waals surface area contributed by atoms with Crippen molar-refractivity contribution >= 4 is 0 Å². The second kappa shape index (κ2) is 17.2. The summed E-state index contributed by atoms with van der Waals surface area (Å²) < 4.78 is 12.0. The SMILES string of the molecule is CCCC1=COC(C2CCC(CCC)CC2)CC1.CCCC1CCC(C2CCC(CCC)C(O)O2)CC1. The van der Waals surface area contributed by atoms with Crippen LogP contribution in [0.15, 0.2) is 11.8 Å². The monoisotopic (exact) mass is 518 g/mol. The molecule has 2 aliphatic heterocycles. The number of hydrogen-bond donors (Lipinski definition) is 1. The van der Waals surface area contributed by atoms with Crippen LogP contribution in [0, 0.1) is 29.6 Å². The van der Waals surface area contributed by atoms with E-state index in [2.05, 4.69) is 34.0 Å². The van der Waals surface area contributed by atoms with E-state index in [1.54, 1.807) is 0 Å². The molecular weight excluding hydrogens is 456 g/mol. The second-order valence-corrected chi connectivity index (χ2v) is 13.1. The van der Waals surface area contributed by atoms with Crippen molar-refractivity contribution in [3.8, 4) is 0 Å². The minimum Gasteiger partial charge on any atom is -0.498 e. The van der Waals surface area contributed by atoms with E-state index in [4.69, 9.17) is 9.47 Å². The summed E-state index contributed by atoms with van der Waals surface area (Å²) in [5.74, 6) is 3.92. The maximum Gasteiger partial charge on any atom is 0.157 e. The van der Waals surface area contributed by atoms with Crippen LogP contribution in [0.5, 0.6) is 0 Å². The molecule has 4 atom stereocenters. The summed E-state index contributed by atoms with van der Waals surface area (Å²) in [5, 5.41) is 10.1. The molecule has 0 aromatic heterocycles. The van der Waals surface area contributed by atoms with Crippen LogP contribution < -0.4 is 0 Å². The van der Waals surface area contributed by atoms with Crippen molar-refractivity contribution in [1.29, 1.82) is 0 Å². The highest BCUT2D eigenvalue weighted by molar-refractivity contribution is 5.02. The fourth-order valence-corrected chi connectivity index (χ4v) is 7.89. The molecular formula is C34H62O3. The zero-order valence-corrected chi connectivity index (χ0v) is 25.1. The van der Waals surface area contributed by atoms with Crippen molar-refractivity contribution in [2.75, 3.05) is 0 Å². The maximum absolute atomic E-state index is 10.1. The van der Waals surface area contributed by atoms with Crippen molar-refractivity contribution in [3.63, 3.8) is 0 Å². The Morgan fingerprint density at radius 2 is 1.22 bits per heavy atom. The van der Waals surface area contributed by atoms with Crippen molar-refractivity contribution in [3.05, 3.63) is 11.8 Å². The molecule has 0 spiro atoms. The molecule has 3 heteroatoms. The molecule has 4 unspecified atom stereocenters. The Kier molecular flexibility index (Phi) is 14.4. The van der Waals surface area contributed by atoms with E-state index in [9.17, 15) is 5.11 Å². The number of ether oxygens (including phenoxy) is 2. The van der Waals surface area contributed by atoms with E-state index in [1.165, 1.54) is 115 Å². The standard InChI is InChI=1S/C17H32O2.C17H30O/c1-3-5-13-7-9-14(10-8-13)16-12-11-15(6-4-2)17(18)19-16;1-3-5-14-7-10-16(11-8-14)17-12-9-15(6-4-2)13-18-17/h13-18H,3-12H2,1-2H3;13-14,16-17H,3-12H2,1-2H3. The molecule has 0 bridgehead atoms. The summed E-state index contributed by atoms with van der Waals surface area (Å²) in [7, 11) is 0. The molecule has 4 aliphatic rings. The summed E-state index contributed by atoms with van der Waals surface area (Å²) in [6.07, 6.45) is 28.8. The molecule has 2 aliphatic carbocycles. The van der Waals surface area contributed by atoms with Crippen LogP contribution >= 0.6 is 0 Å². The second-order valence-electron chi connectivity index (χ2n) is 13.1. The largest absolute Gasteiger partial charge is 0.498 e. The van der Waals surface area contributed by atoms with E-state index >= 15 is 0 Å². The van der Waals surface area contributed by atoms with E-state index in [-0.39, 0.29) is 0 Å². The molecule has 0 aromatic carbocycles. The van der Waals surface area contributed by atoms with E-state index in [0.29, 0.717) is 24.0 Å². The van der Waals surface area contributed by atoms with Crippen LogP contribution in [-0.4, -0.2) is 23.6 Å². The molecule has 3 fully saturated rings. The molecule has 2 heterocycles. The first-order valence-electron chi connectivity index (χ1n) is 16.7. The number of allylic oxidation sites excluding steroid dienone is 1. The van der Waals surface area contributed by atoms with Gasteiger partial charge in [-0.2, -0.15) is 0 Å². The van der Waals surface area contributed by atoms with Gasteiger partial charge in [-0.15, -0.1) is 0 Å². The fourth-order valence-electron chi connectivity index (χ4n) is 7.89. The summed E-state index contributed by atoms with van der Waals surface area (Å²) in [6.45, 7) is 9.05. The first kappa shape index (κ1) is 31.0. The minimum atomic E-state index is -0.493. The summed E-state index contributed by atoms with van der Waals surface area (Å²) >= 11 is 0. The summed E-state index contributed by atoms with van der Waals surface area (Å²) in [6, 6.07) is 0.